The van der Waals surface area contributed by atoms with Crippen LogP contribution in [-0.4, -0.2) is 45.5 Å². The molecule has 0 bridgehead atoms. The summed E-state index contributed by atoms with van der Waals surface area (Å²) in [6.07, 6.45) is 1.02. The fourth-order valence-corrected chi connectivity index (χ4v) is 2.92. The van der Waals surface area contributed by atoms with Gasteiger partial charge in [-0.3, -0.25) is 19.1 Å². The molecular weight excluding hydrogens is 396 g/mol. The van der Waals surface area contributed by atoms with Crippen molar-refractivity contribution in [3.05, 3.63) is 64.7 Å². The number of esters is 1. The maximum atomic E-state index is 12.1. The molecule has 0 saturated heterocycles. The molecule has 0 aliphatic heterocycles. The maximum absolute atomic E-state index is 12.1. The minimum Gasteiger partial charge on any atom is -0.456 e. The minimum absolute atomic E-state index is 0.260. The number of amides is 1. The van der Waals surface area contributed by atoms with Crippen molar-refractivity contribution < 1.29 is 27.5 Å². The van der Waals surface area contributed by atoms with E-state index in [0.29, 0.717) is 11.3 Å². The standard InChI is InChI=1S/C20H22N2O6S/c1-13-4-5-16(10-14(13)2)20(25)21-11-19(24)28-12-18(23)15-6-8-17(9-7-15)22-29(3,26)27/h4-10,22H,11-12H2,1-3H3,(H,21,25). The fourth-order valence-electron chi connectivity index (χ4n) is 2.36. The highest BCUT2D eigenvalue weighted by atomic mass is 32.2. The number of hydrogen-bond donors (Lipinski definition) is 2. The van der Waals surface area contributed by atoms with Crippen molar-refractivity contribution in [3.8, 4) is 0 Å². The summed E-state index contributed by atoms with van der Waals surface area (Å²) in [6.45, 7) is 2.96. The average Bonchev–Trinajstić information content (AvgIpc) is 2.65. The zero-order valence-electron chi connectivity index (χ0n) is 16.3. The molecule has 8 nitrogen and oxygen atoms in total. The quantitative estimate of drug-likeness (QED) is 0.499. The van der Waals surface area contributed by atoms with Crippen LogP contribution in [0.5, 0.6) is 0 Å². The first-order valence-electron chi connectivity index (χ1n) is 8.67. The van der Waals surface area contributed by atoms with Gasteiger partial charge >= 0.3 is 5.97 Å². The molecule has 0 saturated carbocycles. The molecule has 0 aliphatic rings. The molecule has 0 unspecified atom stereocenters. The fraction of sp³-hybridized carbons (Fsp3) is 0.250. The summed E-state index contributed by atoms with van der Waals surface area (Å²) in [6, 6.07) is 10.9. The van der Waals surface area contributed by atoms with E-state index in [0.717, 1.165) is 17.4 Å². The van der Waals surface area contributed by atoms with Gasteiger partial charge in [-0.15, -0.1) is 0 Å². The van der Waals surface area contributed by atoms with Crippen LogP contribution in [0.2, 0.25) is 0 Å². The third kappa shape index (κ3) is 7.04. The number of ether oxygens (including phenoxy) is 1. The van der Waals surface area contributed by atoms with Gasteiger partial charge in [-0.2, -0.15) is 0 Å². The molecule has 1 amide bonds. The van der Waals surface area contributed by atoms with Crippen molar-refractivity contribution in [2.75, 3.05) is 24.1 Å². The van der Waals surface area contributed by atoms with Gasteiger partial charge < -0.3 is 10.1 Å². The highest BCUT2D eigenvalue weighted by molar-refractivity contribution is 7.92. The van der Waals surface area contributed by atoms with Crippen LogP contribution in [0.4, 0.5) is 5.69 Å². The van der Waals surface area contributed by atoms with Crippen molar-refractivity contribution in [1.82, 2.24) is 5.32 Å². The van der Waals surface area contributed by atoms with E-state index in [4.69, 9.17) is 4.74 Å². The molecule has 2 N–H and O–H groups in total. The highest BCUT2D eigenvalue weighted by Gasteiger charge is 2.13. The van der Waals surface area contributed by atoms with Gasteiger partial charge in [0.25, 0.3) is 5.91 Å². The molecule has 0 aromatic heterocycles. The molecule has 29 heavy (non-hydrogen) atoms. The Bertz CT molecular complexity index is 1030. The van der Waals surface area contributed by atoms with Gasteiger partial charge in [-0.25, -0.2) is 8.42 Å². The molecule has 0 fully saturated rings. The number of sulfonamides is 1. The second-order valence-corrected chi connectivity index (χ2v) is 8.27. The van der Waals surface area contributed by atoms with Gasteiger partial charge in [0.05, 0.1) is 6.26 Å². The summed E-state index contributed by atoms with van der Waals surface area (Å²) >= 11 is 0. The topological polar surface area (TPSA) is 119 Å². The van der Waals surface area contributed by atoms with Crippen LogP contribution in [0.15, 0.2) is 42.5 Å². The van der Waals surface area contributed by atoms with Gasteiger partial charge in [0, 0.05) is 16.8 Å². The summed E-state index contributed by atoms with van der Waals surface area (Å²) < 4.78 is 29.5. The molecular formula is C20H22N2O6S. The molecule has 9 heteroatoms. The molecule has 0 radical (unpaired) electrons. The second kappa shape index (κ2) is 9.33. The van der Waals surface area contributed by atoms with Crippen molar-refractivity contribution >= 4 is 33.4 Å². The minimum atomic E-state index is -3.41. The average molecular weight is 418 g/mol. The number of benzene rings is 2. The number of carbonyl (C=O) groups is 3. The lowest BCUT2D eigenvalue weighted by atomic mass is 10.1. The third-order valence-corrected chi connectivity index (χ3v) is 4.64. The van der Waals surface area contributed by atoms with Gasteiger partial charge in [0.15, 0.2) is 12.4 Å². The van der Waals surface area contributed by atoms with E-state index in [1.165, 1.54) is 24.3 Å². The summed E-state index contributed by atoms with van der Waals surface area (Å²) in [7, 11) is -3.41. The number of hydrogen-bond acceptors (Lipinski definition) is 6. The van der Waals surface area contributed by atoms with Crippen LogP contribution in [0, 0.1) is 13.8 Å². The maximum Gasteiger partial charge on any atom is 0.325 e. The van der Waals surface area contributed by atoms with Gasteiger partial charge in [0.2, 0.25) is 10.0 Å². The Morgan fingerprint density at radius 2 is 1.55 bits per heavy atom. The van der Waals surface area contributed by atoms with Crippen molar-refractivity contribution in [3.63, 3.8) is 0 Å². The van der Waals surface area contributed by atoms with E-state index in [2.05, 4.69) is 10.0 Å². The van der Waals surface area contributed by atoms with E-state index < -0.39 is 34.3 Å². The summed E-state index contributed by atoms with van der Waals surface area (Å²) in [5.74, 6) is -1.61. The first-order chi connectivity index (χ1) is 13.5. The first kappa shape index (κ1) is 22.1. The van der Waals surface area contributed by atoms with E-state index in [1.807, 2.05) is 19.9 Å². The Kier molecular flexibility index (Phi) is 7.11. The summed E-state index contributed by atoms with van der Waals surface area (Å²) in [5, 5.41) is 2.45. The van der Waals surface area contributed by atoms with Crippen LogP contribution < -0.4 is 10.0 Å². The van der Waals surface area contributed by atoms with E-state index >= 15 is 0 Å². The van der Waals surface area contributed by atoms with Crippen LogP contribution >= 0.6 is 0 Å². The van der Waals surface area contributed by atoms with Crippen LogP contribution in [-0.2, 0) is 19.6 Å². The monoisotopic (exact) mass is 418 g/mol. The Morgan fingerprint density at radius 3 is 2.14 bits per heavy atom. The Hall–Kier alpha value is -3.20. The molecule has 154 valence electrons. The molecule has 0 aliphatic carbocycles. The van der Waals surface area contributed by atoms with E-state index in [9.17, 15) is 22.8 Å². The van der Waals surface area contributed by atoms with Gasteiger partial charge in [-0.05, 0) is 61.4 Å². The summed E-state index contributed by atoms with van der Waals surface area (Å²) in [4.78, 5) is 35.9. The predicted octanol–water partition coefficient (Wildman–Crippen LogP) is 1.83. The Balaban J connectivity index is 1.81. The number of Topliss-reactive ketones (excluding diaryl/α,β-unsaturated/α-hetero) is 1. The Labute approximate surface area is 169 Å². The number of rotatable bonds is 8. The summed E-state index contributed by atoms with van der Waals surface area (Å²) in [5.41, 5.74) is 3.02. The largest absolute Gasteiger partial charge is 0.456 e. The smallest absolute Gasteiger partial charge is 0.325 e. The van der Waals surface area contributed by atoms with Crippen molar-refractivity contribution in [2.24, 2.45) is 0 Å². The number of ketones is 1. The zero-order valence-corrected chi connectivity index (χ0v) is 17.1. The second-order valence-electron chi connectivity index (χ2n) is 6.52. The van der Waals surface area contributed by atoms with Crippen molar-refractivity contribution in [2.45, 2.75) is 13.8 Å². The molecule has 0 spiro atoms. The van der Waals surface area contributed by atoms with E-state index in [-0.39, 0.29) is 12.1 Å². The van der Waals surface area contributed by atoms with Gasteiger partial charge in [-0.1, -0.05) is 6.07 Å². The number of anilines is 1. The van der Waals surface area contributed by atoms with Crippen LogP contribution in [0.3, 0.4) is 0 Å². The van der Waals surface area contributed by atoms with Crippen LogP contribution in [0.1, 0.15) is 31.8 Å². The first-order valence-corrected chi connectivity index (χ1v) is 10.6. The van der Waals surface area contributed by atoms with Crippen LogP contribution in [0.25, 0.3) is 0 Å². The lowest BCUT2D eigenvalue weighted by Crippen LogP contribution is -2.31. The molecule has 2 aromatic rings. The molecule has 0 heterocycles. The van der Waals surface area contributed by atoms with Crippen molar-refractivity contribution in [1.29, 1.82) is 0 Å². The molecule has 0 atom stereocenters. The third-order valence-electron chi connectivity index (χ3n) is 4.04. The lowest BCUT2D eigenvalue weighted by Gasteiger charge is -2.08. The number of aryl methyl sites for hydroxylation is 2. The molecule has 2 rings (SSSR count). The lowest BCUT2D eigenvalue weighted by molar-refractivity contribution is -0.141. The zero-order chi connectivity index (χ0) is 21.6. The number of carbonyl (C=O) groups excluding carboxylic acids is 3. The Morgan fingerprint density at radius 1 is 0.931 bits per heavy atom. The van der Waals surface area contributed by atoms with E-state index in [1.54, 1.807) is 12.1 Å². The highest BCUT2D eigenvalue weighted by Crippen LogP contribution is 2.12. The predicted molar refractivity (Wildman–Crippen MR) is 108 cm³/mol. The SMILES string of the molecule is Cc1ccc(C(=O)NCC(=O)OCC(=O)c2ccc(NS(C)(=O)=O)cc2)cc1C. The normalized spacial score (nSPS) is 10.9. The molecule has 2 aromatic carbocycles. The van der Waals surface area contributed by atoms with Gasteiger partial charge in [0.1, 0.15) is 6.54 Å². The number of nitrogens with one attached hydrogen (secondary N) is 2.